The number of halogens is 2. The van der Waals surface area contributed by atoms with Crippen LogP contribution in [0.2, 0.25) is 0 Å². The van der Waals surface area contributed by atoms with E-state index in [-0.39, 0.29) is 5.82 Å². The van der Waals surface area contributed by atoms with E-state index in [9.17, 15) is 4.39 Å². The summed E-state index contributed by atoms with van der Waals surface area (Å²) in [5.41, 5.74) is 2.66. The lowest BCUT2D eigenvalue weighted by molar-refractivity contribution is 0.351. The molecule has 2 rings (SSSR count). The third kappa shape index (κ3) is 3.67. The highest BCUT2D eigenvalue weighted by molar-refractivity contribution is 6.21. The Bertz CT molecular complexity index is 611. The minimum atomic E-state index is -0.465. The molecule has 0 aliphatic heterocycles. The molecule has 112 valence electrons. The van der Waals surface area contributed by atoms with Crippen LogP contribution in [0.15, 0.2) is 36.4 Å². The Balaban J connectivity index is 2.26. The molecule has 0 saturated heterocycles. The van der Waals surface area contributed by atoms with Gasteiger partial charge in [0, 0.05) is 11.6 Å². The van der Waals surface area contributed by atoms with E-state index >= 15 is 0 Å². The molecule has 0 aliphatic rings. The molecule has 0 bridgehead atoms. The van der Waals surface area contributed by atoms with Crippen molar-refractivity contribution in [3.8, 4) is 11.5 Å². The van der Waals surface area contributed by atoms with E-state index in [1.165, 1.54) is 25.8 Å². The summed E-state index contributed by atoms with van der Waals surface area (Å²) in [7, 11) is 2.99. The van der Waals surface area contributed by atoms with E-state index in [2.05, 4.69) is 0 Å². The van der Waals surface area contributed by atoms with Crippen molar-refractivity contribution in [1.82, 2.24) is 0 Å². The molecule has 21 heavy (non-hydrogen) atoms. The molecule has 0 heterocycles. The zero-order valence-corrected chi connectivity index (χ0v) is 13.1. The number of hydrogen-bond acceptors (Lipinski definition) is 2. The molecule has 1 atom stereocenters. The highest BCUT2D eigenvalue weighted by Crippen LogP contribution is 2.35. The molecule has 0 aliphatic carbocycles. The van der Waals surface area contributed by atoms with Crippen molar-refractivity contribution < 1.29 is 13.9 Å². The summed E-state index contributed by atoms with van der Waals surface area (Å²) in [5, 5.41) is -0.465. The number of benzene rings is 2. The Labute approximate surface area is 129 Å². The van der Waals surface area contributed by atoms with Gasteiger partial charge in [-0.2, -0.15) is 0 Å². The fourth-order valence-electron chi connectivity index (χ4n) is 2.15. The first-order chi connectivity index (χ1) is 10.0. The van der Waals surface area contributed by atoms with Gasteiger partial charge < -0.3 is 9.47 Å². The van der Waals surface area contributed by atoms with Gasteiger partial charge in [-0.1, -0.05) is 29.8 Å². The summed E-state index contributed by atoms with van der Waals surface area (Å²) in [6, 6.07) is 10.9. The monoisotopic (exact) mass is 308 g/mol. The largest absolute Gasteiger partial charge is 0.493 e. The van der Waals surface area contributed by atoms with Crippen molar-refractivity contribution >= 4 is 11.6 Å². The molecule has 0 fully saturated rings. The Morgan fingerprint density at radius 3 is 2.19 bits per heavy atom. The molecule has 2 aromatic rings. The lowest BCUT2D eigenvalue weighted by Crippen LogP contribution is -2.01. The number of alkyl halides is 1. The standard InChI is InChI=1S/C17H18ClFO2/c1-11-4-6-12(7-5-11)8-14(18)13-9-16(20-2)17(21-3)10-15(13)19/h4-7,9-10,14H,8H2,1-3H3. The summed E-state index contributed by atoms with van der Waals surface area (Å²) in [4.78, 5) is 0. The molecule has 2 aromatic carbocycles. The molecule has 4 heteroatoms. The zero-order chi connectivity index (χ0) is 15.4. The maximum Gasteiger partial charge on any atom is 0.163 e. The fourth-order valence-corrected chi connectivity index (χ4v) is 2.50. The molecular formula is C17H18ClFO2. The van der Waals surface area contributed by atoms with Crippen molar-refractivity contribution in [2.75, 3.05) is 14.2 Å². The van der Waals surface area contributed by atoms with Gasteiger partial charge in [-0.05, 0) is 25.0 Å². The van der Waals surface area contributed by atoms with Crippen LogP contribution < -0.4 is 9.47 Å². The quantitative estimate of drug-likeness (QED) is 0.747. The Kier molecular flexibility index (Phi) is 5.07. The van der Waals surface area contributed by atoms with Crippen LogP contribution in [0.4, 0.5) is 4.39 Å². The van der Waals surface area contributed by atoms with Crippen molar-refractivity contribution in [2.45, 2.75) is 18.7 Å². The van der Waals surface area contributed by atoms with Crippen LogP contribution in [0.3, 0.4) is 0 Å². The van der Waals surface area contributed by atoms with E-state index in [0.717, 1.165) is 5.56 Å². The van der Waals surface area contributed by atoms with Crippen molar-refractivity contribution in [3.63, 3.8) is 0 Å². The van der Waals surface area contributed by atoms with E-state index in [0.29, 0.717) is 23.5 Å². The van der Waals surface area contributed by atoms with Crippen LogP contribution >= 0.6 is 11.6 Å². The van der Waals surface area contributed by atoms with Crippen LogP contribution in [0.5, 0.6) is 11.5 Å². The van der Waals surface area contributed by atoms with Crippen molar-refractivity contribution in [3.05, 3.63) is 58.9 Å². The van der Waals surface area contributed by atoms with Crippen molar-refractivity contribution in [1.29, 1.82) is 0 Å². The van der Waals surface area contributed by atoms with E-state index < -0.39 is 5.38 Å². The maximum absolute atomic E-state index is 14.2. The maximum atomic E-state index is 14.2. The summed E-state index contributed by atoms with van der Waals surface area (Å²) in [5.74, 6) is 0.446. The predicted molar refractivity (Wildman–Crippen MR) is 83.0 cm³/mol. The van der Waals surface area contributed by atoms with Gasteiger partial charge in [0.05, 0.1) is 19.6 Å². The highest BCUT2D eigenvalue weighted by atomic mass is 35.5. The van der Waals surface area contributed by atoms with Crippen LogP contribution in [0, 0.1) is 12.7 Å². The number of methoxy groups -OCH3 is 2. The summed E-state index contributed by atoms with van der Waals surface area (Å²) < 4.78 is 24.4. The minimum absolute atomic E-state index is 0.359. The van der Waals surface area contributed by atoms with Crippen LogP contribution in [0.25, 0.3) is 0 Å². The molecule has 0 spiro atoms. The summed E-state index contributed by atoms with van der Waals surface area (Å²) >= 11 is 6.37. The van der Waals surface area contributed by atoms with Crippen LogP contribution in [-0.4, -0.2) is 14.2 Å². The molecule has 1 unspecified atom stereocenters. The van der Waals surface area contributed by atoms with Gasteiger partial charge in [-0.15, -0.1) is 11.6 Å². The molecule has 0 amide bonds. The molecular weight excluding hydrogens is 291 g/mol. The fraction of sp³-hybridized carbons (Fsp3) is 0.294. The van der Waals surface area contributed by atoms with Crippen LogP contribution in [0.1, 0.15) is 22.1 Å². The van der Waals surface area contributed by atoms with Gasteiger partial charge in [0.1, 0.15) is 5.82 Å². The smallest absolute Gasteiger partial charge is 0.163 e. The molecule has 0 aromatic heterocycles. The van der Waals surface area contributed by atoms with Gasteiger partial charge >= 0.3 is 0 Å². The first kappa shape index (κ1) is 15.6. The average molecular weight is 309 g/mol. The van der Waals surface area contributed by atoms with Gasteiger partial charge in [0.25, 0.3) is 0 Å². The number of hydrogen-bond donors (Lipinski definition) is 0. The average Bonchev–Trinajstić information content (AvgIpc) is 2.49. The first-order valence-corrected chi connectivity index (χ1v) is 7.09. The lowest BCUT2D eigenvalue weighted by atomic mass is 10.0. The summed E-state index contributed by atoms with van der Waals surface area (Å²) in [6.45, 7) is 2.02. The lowest BCUT2D eigenvalue weighted by Gasteiger charge is -2.15. The zero-order valence-electron chi connectivity index (χ0n) is 12.3. The van der Waals surface area contributed by atoms with Gasteiger partial charge in [0.15, 0.2) is 11.5 Å². The molecule has 2 nitrogen and oxygen atoms in total. The van der Waals surface area contributed by atoms with E-state index in [1.807, 2.05) is 31.2 Å². The Hall–Kier alpha value is -1.74. The summed E-state index contributed by atoms with van der Waals surface area (Å²) in [6.07, 6.45) is 0.550. The molecule has 0 saturated carbocycles. The second-order valence-electron chi connectivity index (χ2n) is 4.89. The van der Waals surface area contributed by atoms with Crippen molar-refractivity contribution in [2.24, 2.45) is 0 Å². The topological polar surface area (TPSA) is 18.5 Å². The molecule has 0 radical (unpaired) electrons. The first-order valence-electron chi connectivity index (χ1n) is 6.66. The third-order valence-electron chi connectivity index (χ3n) is 3.38. The normalized spacial score (nSPS) is 12.0. The van der Waals surface area contributed by atoms with Gasteiger partial charge in [-0.25, -0.2) is 4.39 Å². The van der Waals surface area contributed by atoms with Gasteiger partial charge in [0.2, 0.25) is 0 Å². The van der Waals surface area contributed by atoms with E-state index in [4.69, 9.17) is 21.1 Å². The van der Waals surface area contributed by atoms with Crippen LogP contribution in [-0.2, 0) is 6.42 Å². The molecule has 0 N–H and O–H groups in total. The van der Waals surface area contributed by atoms with E-state index in [1.54, 1.807) is 6.07 Å². The van der Waals surface area contributed by atoms with Gasteiger partial charge in [-0.3, -0.25) is 0 Å². The second kappa shape index (κ2) is 6.81. The third-order valence-corrected chi connectivity index (χ3v) is 3.77. The number of rotatable bonds is 5. The Morgan fingerprint density at radius 2 is 1.62 bits per heavy atom. The number of aryl methyl sites for hydroxylation is 1. The highest BCUT2D eigenvalue weighted by Gasteiger charge is 2.18. The number of ether oxygens (including phenoxy) is 2. The Morgan fingerprint density at radius 1 is 1.05 bits per heavy atom. The minimum Gasteiger partial charge on any atom is -0.493 e. The SMILES string of the molecule is COc1cc(F)c(C(Cl)Cc2ccc(C)cc2)cc1OC. The predicted octanol–water partition coefficient (Wildman–Crippen LogP) is 4.67. The second-order valence-corrected chi connectivity index (χ2v) is 5.41.